The second-order valence-corrected chi connectivity index (χ2v) is 5.00. The van der Waals surface area contributed by atoms with E-state index in [4.69, 9.17) is 16.3 Å². The largest absolute Gasteiger partial charge is 0.452 e. The molecule has 0 spiro atoms. The van der Waals surface area contributed by atoms with E-state index in [1.54, 1.807) is 18.2 Å². The number of nitrogens with one attached hydrogen (secondary N) is 1. The van der Waals surface area contributed by atoms with Gasteiger partial charge in [-0.1, -0.05) is 17.7 Å². The highest BCUT2D eigenvalue weighted by molar-refractivity contribution is 6.31. The highest BCUT2D eigenvalue weighted by Gasteiger charge is 2.10. The lowest BCUT2D eigenvalue weighted by atomic mass is 10.2. The van der Waals surface area contributed by atoms with Crippen LogP contribution in [0.3, 0.4) is 0 Å². The molecule has 2 aromatic carbocycles. The van der Waals surface area contributed by atoms with Crippen LogP contribution < -0.4 is 5.32 Å². The highest BCUT2D eigenvalue weighted by Crippen LogP contribution is 2.19. The molecule has 0 bridgehead atoms. The maximum atomic E-state index is 12.7. The Morgan fingerprint density at radius 3 is 2.50 bits per heavy atom. The van der Waals surface area contributed by atoms with Crippen molar-refractivity contribution in [1.82, 2.24) is 0 Å². The lowest BCUT2D eigenvalue weighted by Gasteiger charge is -2.08. The van der Waals surface area contributed by atoms with Crippen LogP contribution in [0.1, 0.15) is 15.9 Å². The molecule has 0 aliphatic heterocycles. The first-order valence-electron chi connectivity index (χ1n) is 6.44. The average molecular weight is 322 g/mol. The Morgan fingerprint density at radius 2 is 1.86 bits per heavy atom. The predicted molar refractivity (Wildman–Crippen MR) is 81.5 cm³/mol. The van der Waals surface area contributed by atoms with Crippen molar-refractivity contribution in [3.8, 4) is 0 Å². The molecular weight excluding hydrogens is 309 g/mol. The molecule has 0 radical (unpaired) electrons. The van der Waals surface area contributed by atoms with E-state index in [1.165, 1.54) is 12.1 Å². The lowest BCUT2D eigenvalue weighted by molar-refractivity contribution is -0.119. The fraction of sp³-hybridized carbons (Fsp3) is 0.125. The molecule has 6 heteroatoms. The van der Waals surface area contributed by atoms with Crippen LogP contribution in [0.4, 0.5) is 10.1 Å². The molecule has 0 saturated carbocycles. The number of carbonyl (C=O) groups excluding carboxylic acids is 2. The van der Waals surface area contributed by atoms with E-state index in [2.05, 4.69) is 5.32 Å². The molecule has 1 N–H and O–H groups in total. The first-order valence-corrected chi connectivity index (χ1v) is 6.82. The maximum absolute atomic E-state index is 12.7. The summed E-state index contributed by atoms with van der Waals surface area (Å²) in [6.07, 6.45) is 0. The summed E-state index contributed by atoms with van der Waals surface area (Å²) in [5.41, 5.74) is 1.58. The van der Waals surface area contributed by atoms with Crippen LogP contribution >= 0.6 is 11.6 Å². The Morgan fingerprint density at radius 1 is 1.18 bits per heavy atom. The van der Waals surface area contributed by atoms with Crippen molar-refractivity contribution < 1.29 is 18.7 Å². The van der Waals surface area contributed by atoms with Gasteiger partial charge in [-0.25, -0.2) is 9.18 Å². The minimum Gasteiger partial charge on any atom is -0.452 e. The Labute approximate surface area is 131 Å². The zero-order chi connectivity index (χ0) is 16.1. The van der Waals surface area contributed by atoms with Crippen molar-refractivity contribution in [1.29, 1.82) is 0 Å². The van der Waals surface area contributed by atoms with Gasteiger partial charge in [0.05, 0.1) is 5.56 Å². The molecule has 0 aromatic heterocycles. The molecule has 0 saturated heterocycles. The normalized spacial score (nSPS) is 10.1. The zero-order valence-corrected chi connectivity index (χ0v) is 12.5. The van der Waals surface area contributed by atoms with Crippen LogP contribution in [0, 0.1) is 12.7 Å². The van der Waals surface area contributed by atoms with E-state index in [0.29, 0.717) is 10.7 Å². The third-order valence-corrected chi connectivity index (χ3v) is 3.28. The van der Waals surface area contributed by atoms with E-state index < -0.39 is 24.3 Å². The monoisotopic (exact) mass is 321 g/mol. The van der Waals surface area contributed by atoms with Crippen molar-refractivity contribution in [2.45, 2.75) is 6.92 Å². The summed E-state index contributed by atoms with van der Waals surface area (Å²) < 4.78 is 17.6. The summed E-state index contributed by atoms with van der Waals surface area (Å²) >= 11 is 5.95. The summed E-state index contributed by atoms with van der Waals surface area (Å²) in [6, 6.07) is 9.93. The third-order valence-electron chi connectivity index (χ3n) is 2.87. The molecule has 0 unspecified atom stereocenters. The Kier molecular flexibility index (Phi) is 5.12. The van der Waals surface area contributed by atoms with Gasteiger partial charge in [-0.3, -0.25) is 4.79 Å². The molecule has 0 atom stereocenters. The number of anilines is 1. The van der Waals surface area contributed by atoms with E-state index in [-0.39, 0.29) is 5.56 Å². The van der Waals surface area contributed by atoms with Gasteiger partial charge in [0.1, 0.15) is 5.82 Å². The predicted octanol–water partition coefficient (Wildman–Crippen LogP) is 3.58. The van der Waals surface area contributed by atoms with Crippen molar-refractivity contribution in [2.75, 3.05) is 11.9 Å². The second-order valence-electron chi connectivity index (χ2n) is 4.60. The van der Waals surface area contributed by atoms with E-state index in [9.17, 15) is 14.0 Å². The SMILES string of the molecule is Cc1ccc(NC(=O)COC(=O)c2ccc(F)cc2)cc1Cl. The standard InChI is InChI=1S/C16H13ClFNO3/c1-10-2-7-13(8-14(10)17)19-15(20)9-22-16(21)11-3-5-12(18)6-4-11/h2-8H,9H2,1H3,(H,19,20). The molecule has 2 aromatic rings. The van der Waals surface area contributed by atoms with Gasteiger partial charge in [-0.15, -0.1) is 0 Å². The number of ether oxygens (including phenoxy) is 1. The van der Waals surface area contributed by atoms with Crippen molar-refractivity contribution in [2.24, 2.45) is 0 Å². The summed E-state index contributed by atoms with van der Waals surface area (Å²) in [4.78, 5) is 23.4. The summed E-state index contributed by atoms with van der Waals surface area (Å²) in [5, 5.41) is 3.09. The molecule has 0 heterocycles. The molecule has 1 amide bonds. The molecule has 114 valence electrons. The Hall–Kier alpha value is -2.40. The quantitative estimate of drug-likeness (QED) is 0.876. The Balaban J connectivity index is 1.88. The minimum absolute atomic E-state index is 0.174. The number of esters is 1. The first kappa shape index (κ1) is 16.0. The lowest BCUT2D eigenvalue weighted by Crippen LogP contribution is -2.20. The van der Waals surface area contributed by atoms with Gasteiger partial charge >= 0.3 is 5.97 Å². The number of halogens is 2. The fourth-order valence-corrected chi connectivity index (χ4v) is 1.85. The highest BCUT2D eigenvalue weighted by atomic mass is 35.5. The summed E-state index contributed by atoms with van der Waals surface area (Å²) in [7, 11) is 0. The Bertz CT molecular complexity index is 701. The van der Waals surface area contributed by atoms with Gasteiger partial charge in [0.25, 0.3) is 5.91 Å². The molecule has 0 aliphatic carbocycles. The van der Waals surface area contributed by atoms with E-state index >= 15 is 0 Å². The smallest absolute Gasteiger partial charge is 0.338 e. The van der Waals surface area contributed by atoms with Crippen LogP contribution in [0.2, 0.25) is 5.02 Å². The van der Waals surface area contributed by atoms with Crippen LogP contribution in [0.15, 0.2) is 42.5 Å². The van der Waals surface area contributed by atoms with Gasteiger partial charge in [-0.2, -0.15) is 0 Å². The van der Waals surface area contributed by atoms with Crippen LogP contribution in [0.5, 0.6) is 0 Å². The van der Waals surface area contributed by atoms with Crippen LogP contribution in [-0.4, -0.2) is 18.5 Å². The van der Waals surface area contributed by atoms with Crippen molar-refractivity contribution >= 4 is 29.2 Å². The maximum Gasteiger partial charge on any atom is 0.338 e. The number of hydrogen-bond donors (Lipinski definition) is 1. The second kappa shape index (κ2) is 7.04. The van der Waals surface area contributed by atoms with Gasteiger partial charge < -0.3 is 10.1 Å². The molecule has 0 fully saturated rings. The van der Waals surface area contributed by atoms with Gasteiger partial charge in [0.15, 0.2) is 6.61 Å². The zero-order valence-electron chi connectivity index (χ0n) is 11.7. The van der Waals surface area contributed by atoms with Gasteiger partial charge in [0.2, 0.25) is 0 Å². The van der Waals surface area contributed by atoms with Crippen molar-refractivity contribution in [3.05, 3.63) is 64.4 Å². The summed E-state index contributed by atoms with van der Waals surface area (Å²) in [6.45, 7) is 1.40. The van der Waals surface area contributed by atoms with Crippen LogP contribution in [0.25, 0.3) is 0 Å². The van der Waals surface area contributed by atoms with E-state index in [0.717, 1.165) is 17.7 Å². The summed E-state index contributed by atoms with van der Waals surface area (Å²) in [5.74, 6) is -1.64. The molecular formula is C16H13ClFNO3. The number of hydrogen-bond acceptors (Lipinski definition) is 3. The molecule has 4 nitrogen and oxygen atoms in total. The molecule has 2 rings (SSSR count). The third kappa shape index (κ3) is 4.30. The van der Waals surface area contributed by atoms with E-state index in [1.807, 2.05) is 6.92 Å². The minimum atomic E-state index is -0.697. The topological polar surface area (TPSA) is 55.4 Å². The average Bonchev–Trinajstić information content (AvgIpc) is 2.49. The fourth-order valence-electron chi connectivity index (χ4n) is 1.67. The van der Waals surface area contributed by atoms with Gasteiger partial charge in [-0.05, 0) is 48.9 Å². The number of rotatable bonds is 4. The number of benzene rings is 2. The van der Waals surface area contributed by atoms with Crippen molar-refractivity contribution in [3.63, 3.8) is 0 Å². The molecule has 0 aliphatic rings. The number of carbonyl (C=O) groups is 2. The number of aryl methyl sites for hydroxylation is 1. The van der Waals surface area contributed by atoms with Gasteiger partial charge in [0, 0.05) is 10.7 Å². The first-order chi connectivity index (χ1) is 10.5. The van der Waals surface area contributed by atoms with Crippen LogP contribution in [-0.2, 0) is 9.53 Å². The molecule has 22 heavy (non-hydrogen) atoms. The number of amides is 1.